The fraction of sp³-hybridized carbons (Fsp3) is 0.571. The van der Waals surface area contributed by atoms with Gasteiger partial charge in [-0.2, -0.15) is 0 Å². The molecule has 0 amide bonds. The Morgan fingerprint density at radius 2 is 2.19 bits per heavy atom. The normalized spacial score (nSPS) is 14.5. The summed E-state index contributed by atoms with van der Waals surface area (Å²) in [7, 11) is -1.98. The van der Waals surface area contributed by atoms with Gasteiger partial charge in [-0.05, 0) is 43.4 Å². The van der Waals surface area contributed by atoms with E-state index in [0.717, 1.165) is 31.2 Å². The number of ether oxygens (including phenoxy) is 2. The van der Waals surface area contributed by atoms with Gasteiger partial charge in [0.05, 0.1) is 6.61 Å². The highest BCUT2D eigenvalue weighted by molar-refractivity contribution is 7.89. The van der Waals surface area contributed by atoms with Crippen molar-refractivity contribution in [3.63, 3.8) is 0 Å². The molecule has 0 aliphatic carbocycles. The van der Waals surface area contributed by atoms with Crippen LogP contribution in [0.25, 0.3) is 0 Å². The molecular formula is C14H22N2O4S. The maximum atomic E-state index is 12.4. The fourth-order valence-electron chi connectivity index (χ4n) is 2.33. The van der Waals surface area contributed by atoms with Crippen molar-refractivity contribution >= 4 is 15.7 Å². The summed E-state index contributed by atoms with van der Waals surface area (Å²) in [6.07, 6.45) is 3.19. The van der Waals surface area contributed by atoms with E-state index in [0.29, 0.717) is 31.2 Å². The molecule has 1 heterocycles. The van der Waals surface area contributed by atoms with Gasteiger partial charge in [0, 0.05) is 25.9 Å². The Balaban J connectivity index is 2.14. The van der Waals surface area contributed by atoms with Gasteiger partial charge in [-0.1, -0.05) is 0 Å². The molecule has 0 radical (unpaired) electrons. The quantitative estimate of drug-likeness (QED) is 0.585. The van der Waals surface area contributed by atoms with Crippen molar-refractivity contribution in [2.45, 2.75) is 30.6 Å². The van der Waals surface area contributed by atoms with E-state index in [-0.39, 0.29) is 4.90 Å². The molecule has 0 spiro atoms. The lowest BCUT2D eigenvalue weighted by atomic mass is 10.1. The Hall–Kier alpha value is -1.31. The minimum atomic E-state index is -3.61. The first-order valence-corrected chi connectivity index (χ1v) is 8.56. The van der Waals surface area contributed by atoms with Crippen LogP contribution in [0.2, 0.25) is 0 Å². The van der Waals surface area contributed by atoms with Crippen molar-refractivity contribution < 1.29 is 17.9 Å². The Morgan fingerprint density at radius 1 is 1.38 bits per heavy atom. The van der Waals surface area contributed by atoms with Gasteiger partial charge in [0.1, 0.15) is 10.6 Å². The van der Waals surface area contributed by atoms with Gasteiger partial charge in [-0.25, -0.2) is 13.1 Å². The molecule has 1 aliphatic heterocycles. The number of anilines is 1. The van der Waals surface area contributed by atoms with E-state index in [4.69, 9.17) is 15.2 Å². The molecule has 21 heavy (non-hydrogen) atoms. The predicted octanol–water partition coefficient (Wildman–Crippen LogP) is 1.30. The highest BCUT2D eigenvalue weighted by Gasteiger charge is 2.24. The first kappa shape index (κ1) is 16.1. The van der Waals surface area contributed by atoms with Crippen LogP contribution in [-0.2, 0) is 21.2 Å². The molecule has 0 bridgehead atoms. The molecule has 0 unspecified atom stereocenters. The summed E-state index contributed by atoms with van der Waals surface area (Å²) >= 11 is 0. The Kier molecular flexibility index (Phi) is 5.44. The zero-order valence-electron chi connectivity index (χ0n) is 12.2. The third-order valence-corrected chi connectivity index (χ3v) is 4.81. The minimum Gasteiger partial charge on any atom is -0.492 e. The van der Waals surface area contributed by atoms with Crippen molar-refractivity contribution in [3.05, 3.63) is 17.7 Å². The number of rotatable bonds is 7. The molecule has 0 aromatic heterocycles. The summed E-state index contributed by atoms with van der Waals surface area (Å²) in [5.41, 5.74) is 7.12. The molecule has 1 aliphatic rings. The number of hydrogen-bond donors (Lipinski definition) is 2. The highest BCUT2D eigenvalue weighted by Crippen LogP contribution is 2.34. The summed E-state index contributed by atoms with van der Waals surface area (Å²) in [5, 5.41) is 0. The number of nitrogens with two attached hydrogens (primary N) is 1. The maximum absolute atomic E-state index is 12.4. The van der Waals surface area contributed by atoms with Gasteiger partial charge in [-0.15, -0.1) is 0 Å². The van der Waals surface area contributed by atoms with E-state index in [2.05, 4.69) is 4.72 Å². The van der Waals surface area contributed by atoms with Crippen molar-refractivity contribution in [1.82, 2.24) is 4.72 Å². The van der Waals surface area contributed by atoms with Crippen LogP contribution in [0.15, 0.2) is 17.0 Å². The van der Waals surface area contributed by atoms with Gasteiger partial charge < -0.3 is 15.2 Å². The van der Waals surface area contributed by atoms with Gasteiger partial charge in [0.25, 0.3) is 0 Å². The summed E-state index contributed by atoms with van der Waals surface area (Å²) in [4.78, 5) is 0.143. The SMILES string of the molecule is COCCCCNS(=O)(=O)c1cc(N)cc2c1OCCC2. The lowest BCUT2D eigenvalue weighted by Crippen LogP contribution is -2.26. The van der Waals surface area contributed by atoms with Crippen molar-refractivity contribution in [3.8, 4) is 5.75 Å². The fourth-order valence-corrected chi connectivity index (χ4v) is 3.62. The average molecular weight is 314 g/mol. The number of sulfonamides is 1. The Bertz CT molecular complexity index is 587. The molecule has 6 nitrogen and oxygen atoms in total. The summed E-state index contributed by atoms with van der Waals surface area (Å²) < 4.78 is 37.9. The standard InChI is InChI=1S/C14H22N2O4S/c1-19-7-3-2-6-16-21(17,18)13-10-12(15)9-11-5-4-8-20-14(11)13/h9-10,16H,2-8,15H2,1H3. The van der Waals surface area contributed by atoms with Crippen LogP contribution < -0.4 is 15.2 Å². The van der Waals surface area contributed by atoms with E-state index in [9.17, 15) is 8.42 Å². The maximum Gasteiger partial charge on any atom is 0.244 e. The van der Waals surface area contributed by atoms with E-state index < -0.39 is 10.0 Å². The van der Waals surface area contributed by atoms with Crippen LogP contribution in [0.1, 0.15) is 24.8 Å². The lowest BCUT2D eigenvalue weighted by molar-refractivity contribution is 0.193. The van der Waals surface area contributed by atoms with E-state index in [1.807, 2.05) is 0 Å². The van der Waals surface area contributed by atoms with Crippen LogP contribution in [0, 0.1) is 0 Å². The number of hydrogen-bond acceptors (Lipinski definition) is 5. The molecule has 0 fully saturated rings. The molecule has 0 saturated heterocycles. The third kappa shape index (κ3) is 4.09. The second-order valence-electron chi connectivity index (χ2n) is 5.06. The van der Waals surface area contributed by atoms with E-state index in [1.54, 1.807) is 13.2 Å². The number of fused-ring (bicyclic) bond motifs is 1. The van der Waals surface area contributed by atoms with Crippen LogP contribution in [0.5, 0.6) is 5.75 Å². The molecule has 0 saturated carbocycles. The van der Waals surface area contributed by atoms with Gasteiger partial charge in [-0.3, -0.25) is 0 Å². The van der Waals surface area contributed by atoms with E-state index in [1.165, 1.54) is 6.07 Å². The molecule has 1 aromatic rings. The van der Waals surface area contributed by atoms with Crippen LogP contribution in [0.3, 0.4) is 0 Å². The van der Waals surface area contributed by atoms with Crippen LogP contribution in [-0.4, -0.2) is 35.3 Å². The summed E-state index contributed by atoms with van der Waals surface area (Å²) in [5.74, 6) is 0.444. The summed E-state index contributed by atoms with van der Waals surface area (Å²) in [6, 6.07) is 3.24. The second-order valence-corrected chi connectivity index (χ2v) is 6.79. The number of unbranched alkanes of at least 4 members (excludes halogenated alkanes) is 1. The predicted molar refractivity (Wildman–Crippen MR) is 81.0 cm³/mol. The number of benzene rings is 1. The molecule has 3 N–H and O–H groups in total. The van der Waals surface area contributed by atoms with Crippen molar-refractivity contribution in [2.24, 2.45) is 0 Å². The van der Waals surface area contributed by atoms with Crippen molar-refractivity contribution in [2.75, 3.05) is 32.6 Å². The topological polar surface area (TPSA) is 90.7 Å². The largest absolute Gasteiger partial charge is 0.492 e. The summed E-state index contributed by atoms with van der Waals surface area (Å²) in [6.45, 7) is 1.53. The first-order chi connectivity index (χ1) is 10.0. The zero-order chi connectivity index (χ0) is 15.3. The molecule has 7 heteroatoms. The monoisotopic (exact) mass is 314 g/mol. The molecule has 118 valence electrons. The number of nitrogens with one attached hydrogen (secondary N) is 1. The number of aryl methyl sites for hydroxylation is 1. The number of nitrogen functional groups attached to an aromatic ring is 1. The molecular weight excluding hydrogens is 292 g/mol. The zero-order valence-corrected chi connectivity index (χ0v) is 13.0. The van der Waals surface area contributed by atoms with Gasteiger partial charge in [0.2, 0.25) is 10.0 Å². The molecule has 0 atom stereocenters. The first-order valence-electron chi connectivity index (χ1n) is 7.08. The lowest BCUT2D eigenvalue weighted by Gasteiger charge is -2.21. The Morgan fingerprint density at radius 3 is 2.95 bits per heavy atom. The Labute approximate surface area is 125 Å². The average Bonchev–Trinajstić information content (AvgIpc) is 2.46. The molecule has 1 aromatic carbocycles. The van der Waals surface area contributed by atoms with E-state index >= 15 is 0 Å². The van der Waals surface area contributed by atoms with Crippen molar-refractivity contribution in [1.29, 1.82) is 0 Å². The van der Waals surface area contributed by atoms with Gasteiger partial charge >= 0.3 is 0 Å². The number of methoxy groups -OCH3 is 1. The van der Waals surface area contributed by atoms with Gasteiger partial charge in [0.15, 0.2) is 0 Å². The van der Waals surface area contributed by atoms with Crippen LogP contribution in [0.4, 0.5) is 5.69 Å². The highest BCUT2D eigenvalue weighted by atomic mass is 32.2. The minimum absolute atomic E-state index is 0.143. The van der Waals surface area contributed by atoms with Crippen LogP contribution >= 0.6 is 0 Å². The molecule has 2 rings (SSSR count). The second kappa shape index (κ2) is 7.11. The smallest absolute Gasteiger partial charge is 0.244 e. The third-order valence-electron chi connectivity index (χ3n) is 3.35.